The van der Waals surface area contributed by atoms with Crippen LogP contribution in [0, 0.1) is 25.8 Å². The van der Waals surface area contributed by atoms with Crippen molar-refractivity contribution >= 4 is 21.9 Å². The van der Waals surface area contributed by atoms with E-state index in [4.69, 9.17) is 17.6 Å². The summed E-state index contributed by atoms with van der Waals surface area (Å²) in [7, 11) is 0. The van der Waals surface area contributed by atoms with Crippen LogP contribution in [-0.4, -0.2) is 9.97 Å². The molecule has 3 heterocycles. The molecule has 0 aliphatic heterocycles. The predicted molar refractivity (Wildman–Crippen MR) is 206 cm³/mol. The Balaban J connectivity index is 0.000000244. The minimum absolute atomic E-state index is 0. The molecule has 4 aromatic carbocycles. The molecule has 50 heavy (non-hydrogen) atoms. The maximum Gasteiger partial charge on any atom is 0.120 e. The van der Waals surface area contributed by atoms with Crippen molar-refractivity contribution < 1.29 is 32.7 Å². The molecule has 0 atom stereocenters. The fourth-order valence-electron chi connectivity index (χ4n) is 6.10. The van der Waals surface area contributed by atoms with Crippen molar-refractivity contribution in [3.63, 3.8) is 0 Å². The molecule has 0 fully saturated rings. The minimum Gasteiger partial charge on any atom is -0.501 e. The quantitative estimate of drug-likeness (QED) is 0.162. The van der Waals surface area contributed by atoms with Crippen LogP contribution in [0.1, 0.15) is 96.3 Å². The largest absolute Gasteiger partial charge is 0.501 e. The van der Waals surface area contributed by atoms with Gasteiger partial charge in [0.05, 0.1) is 5.58 Å². The maximum absolute atomic E-state index is 7.28. The van der Waals surface area contributed by atoms with E-state index in [2.05, 4.69) is 114 Å². The van der Waals surface area contributed by atoms with E-state index in [0.717, 1.165) is 38.8 Å². The van der Waals surface area contributed by atoms with E-state index >= 15 is 0 Å². The summed E-state index contributed by atoms with van der Waals surface area (Å²) < 4.78 is 50.0. The second kappa shape index (κ2) is 15.3. The summed E-state index contributed by atoms with van der Waals surface area (Å²) in [6.45, 7) is 11.4. The van der Waals surface area contributed by atoms with E-state index in [9.17, 15) is 0 Å². The summed E-state index contributed by atoms with van der Waals surface area (Å²) >= 11 is 0. The van der Waals surface area contributed by atoms with Crippen LogP contribution in [0.15, 0.2) is 108 Å². The Morgan fingerprint density at radius 3 is 2.08 bits per heavy atom. The summed E-state index contributed by atoms with van der Waals surface area (Å²) in [4.78, 5) is 8.91. The van der Waals surface area contributed by atoms with Gasteiger partial charge < -0.3 is 14.4 Å². The number of hydrogen-bond acceptors (Lipinski definition) is 3. The fraction of sp³-hybridized carbons (Fsp3) is 0.261. The monoisotopic (exact) mass is 841 g/mol. The number of fused-ring (bicyclic) bond motifs is 3. The normalized spacial score (nSPS) is 13.8. The Labute approximate surface area is 320 Å². The zero-order valence-electron chi connectivity index (χ0n) is 35.6. The molecular formula is C46H46IrN2O-2. The van der Waals surface area contributed by atoms with Crippen molar-refractivity contribution in [2.45, 2.75) is 79.4 Å². The van der Waals surface area contributed by atoms with Crippen molar-refractivity contribution in [3.8, 4) is 33.6 Å². The number of aromatic nitrogens is 2. The van der Waals surface area contributed by atoms with Gasteiger partial charge in [-0.2, -0.15) is 0 Å². The van der Waals surface area contributed by atoms with Gasteiger partial charge in [-0.1, -0.05) is 121 Å². The van der Waals surface area contributed by atoms with Gasteiger partial charge in [0.1, 0.15) is 5.58 Å². The van der Waals surface area contributed by atoms with Crippen molar-refractivity contribution in [1.29, 1.82) is 0 Å². The van der Waals surface area contributed by atoms with Crippen LogP contribution in [0.2, 0.25) is 0 Å². The van der Waals surface area contributed by atoms with Crippen LogP contribution in [0.3, 0.4) is 0 Å². The average Bonchev–Trinajstić information content (AvgIpc) is 3.52. The van der Waals surface area contributed by atoms with Gasteiger partial charge in [-0.25, -0.2) is 0 Å². The van der Waals surface area contributed by atoms with E-state index in [1.165, 1.54) is 46.6 Å². The number of pyridine rings is 2. The predicted octanol–water partition coefficient (Wildman–Crippen LogP) is 12.8. The van der Waals surface area contributed by atoms with Crippen molar-refractivity contribution in [2.75, 3.05) is 0 Å². The van der Waals surface area contributed by atoms with Gasteiger partial charge in [-0.15, -0.1) is 53.1 Å². The van der Waals surface area contributed by atoms with Crippen LogP contribution in [0.5, 0.6) is 0 Å². The number of rotatable bonds is 5. The number of nitrogens with zero attached hydrogens (tertiary/aromatic N) is 2. The third-order valence-electron chi connectivity index (χ3n) is 8.75. The molecule has 7 rings (SSSR count). The second-order valence-electron chi connectivity index (χ2n) is 14.1. The average molecular weight is 841 g/mol. The van der Waals surface area contributed by atoms with Crippen molar-refractivity contribution in [3.05, 3.63) is 143 Å². The fourth-order valence-corrected chi connectivity index (χ4v) is 6.10. The number of para-hydroxylation sites is 1. The van der Waals surface area contributed by atoms with Gasteiger partial charge in [0.15, 0.2) is 0 Å². The van der Waals surface area contributed by atoms with Gasteiger partial charge in [-0.3, -0.25) is 0 Å². The van der Waals surface area contributed by atoms with Crippen LogP contribution in [0.4, 0.5) is 0 Å². The first kappa shape index (κ1) is 29.4. The summed E-state index contributed by atoms with van der Waals surface area (Å²) in [5.74, 6) is 0.858. The molecule has 0 amide bonds. The Morgan fingerprint density at radius 2 is 1.46 bits per heavy atom. The van der Waals surface area contributed by atoms with E-state index in [0.29, 0.717) is 23.1 Å². The maximum atomic E-state index is 7.28. The Hall–Kier alpha value is -4.37. The molecule has 0 N–H and O–H groups in total. The molecular weight excluding hydrogens is 789 g/mol. The molecule has 0 unspecified atom stereocenters. The van der Waals surface area contributed by atoms with Gasteiger partial charge in [0.25, 0.3) is 0 Å². The molecule has 0 spiro atoms. The van der Waals surface area contributed by atoms with Gasteiger partial charge in [-0.05, 0) is 75.4 Å². The molecule has 4 heteroatoms. The summed E-state index contributed by atoms with van der Waals surface area (Å²) in [5, 5.41) is 2.25. The van der Waals surface area contributed by atoms with E-state index in [-0.39, 0.29) is 36.6 Å². The molecule has 3 nitrogen and oxygen atoms in total. The van der Waals surface area contributed by atoms with Crippen LogP contribution >= 0.6 is 0 Å². The van der Waals surface area contributed by atoms with Crippen LogP contribution < -0.4 is 0 Å². The topological polar surface area (TPSA) is 38.9 Å². The molecule has 0 bridgehead atoms. The number of furan rings is 1. The first-order valence-corrected chi connectivity index (χ1v) is 16.8. The van der Waals surface area contributed by atoms with E-state index in [1.807, 2.05) is 18.3 Å². The molecule has 0 aliphatic rings. The first-order valence-electron chi connectivity index (χ1n) is 19.8. The third-order valence-corrected chi connectivity index (χ3v) is 8.75. The summed E-state index contributed by atoms with van der Waals surface area (Å²) in [6.07, 6.45) is 3.23. The first-order chi connectivity index (χ1) is 25.8. The Bertz CT molecular complexity index is 2360. The van der Waals surface area contributed by atoms with Crippen LogP contribution in [-0.2, 0) is 25.5 Å². The minimum atomic E-state index is -2.18. The number of benzene rings is 4. The van der Waals surface area contributed by atoms with Crippen molar-refractivity contribution in [2.24, 2.45) is 0 Å². The standard InChI is InChI=1S/C33H34NO.C13H12N.Ir/c1-20(2)24-12-10-13-25(21(3)4)31(24)22-15-16-34-29(17-22)28-19-23(33(5,6)7)18-27-26-11-8-9-14-30(26)35-32(27)28;1-10-3-6-12(7-4-10)13-8-5-11(2)9-14-13;/h8-18,20-21H,1-7H3;3-6,8-9H,1-2H3;/q2*-1;/i;1D3,2D3;. The Morgan fingerprint density at radius 1 is 0.740 bits per heavy atom. The van der Waals surface area contributed by atoms with Gasteiger partial charge >= 0.3 is 0 Å². The molecule has 257 valence electrons. The molecule has 1 radical (unpaired) electrons. The van der Waals surface area contributed by atoms with E-state index < -0.39 is 13.7 Å². The zero-order chi connectivity index (χ0) is 39.9. The van der Waals surface area contributed by atoms with Gasteiger partial charge in [0.2, 0.25) is 0 Å². The molecule has 3 aromatic heterocycles. The molecule has 0 aliphatic carbocycles. The summed E-state index contributed by atoms with van der Waals surface area (Å²) in [5.41, 5.74) is 11.5. The zero-order valence-corrected chi connectivity index (χ0v) is 32.0. The van der Waals surface area contributed by atoms with E-state index in [1.54, 1.807) is 12.1 Å². The van der Waals surface area contributed by atoms with Crippen molar-refractivity contribution in [1.82, 2.24) is 9.97 Å². The molecule has 0 saturated carbocycles. The number of aryl methyl sites for hydroxylation is 2. The number of hydrogen-bond donors (Lipinski definition) is 0. The Kier molecular flexibility index (Phi) is 8.96. The van der Waals surface area contributed by atoms with Crippen LogP contribution in [0.25, 0.3) is 55.6 Å². The SMILES string of the molecule is CC(C)c1cccc(C(C)C)c1-c1ccnc(-c2[c-]c(C(C)(C)C)cc3c2oc2ccccc23)c1.[2H]C([2H])([2H])c1c[c-]c(-c2ccc(C([2H])([2H])[2H])cn2)cc1.[Ir]. The summed E-state index contributed by atoms with van der Waals surface area (Å²) in [6, 6.07) is 35.7. The molecule has 0 saturated heterocycles. The smallest absolute Gasteiger partial charge is 0.120 e. The third kappa shape index (κ3) is 7.83. The molecule has 7 aromatic rings. The van der Waals surface area contributed by atoms with Gasteiger partial charge in [0, 0.05) is 46.1 Å². The second-order valence-corrected chi connectivity index (χ2v) is 14.1.